The molecule has 0 bridgehead atoms. The summed E-state index contributed by atoms with van der Waals surface area (Å²) in [5, 5.41) is 8.94. The van der Waals surface area contributed by atoms with E-state index in [-0.39, 0.29) is 36.1 Å². The van der Waals surface area contributed by atoms with Crippen molar-refractivity contribution < 1.29 is 19.5 Å². The molecule has 0 aromatic heterocycles. The van der Waals surface area contributed by atoms with Crippen molar-refractivity contribution in [1.29, 1.82) is 0 Å². The number of hydrogen-bond acceptors (Lipinski definition) is 3. The van der Waals surface area contributed by atoms with Crippen LogP contribution in [0.15, 0.2) is 0 Å². The molecule has 6 nitrogen and oxygen atoms in total. The Hall–Kier alpha value is -1.59. The normalized spacial score (nSPS) is 25.5. The molecule has 0 aromatic rings. The van der Waals surface area contributed by atoms with Gasteiger partial charge in [-0.15, -0.1) is 0 Å². The highest BCUT2D eigenvalue weighted by molar-refractivity contribution is 5.82. The number of carboxylic acids is 1. The van der Waals surface area contributed by atoms with Crippen LogP contribution < -0.4 is 0 Å². The summed E-state index contributed by atoms with van der Waals surface area (Å²) in [7, 11) is 0. The Bertz CT molecular complexity index is 494. The van der Waals surface area contributed by atoms with E-state index in [1.807, 2.05) is 23.6 Å². The second kappa shape index (κ2) is 9.20. The molecule has 0 aromatic carbocycles. The van der Waals surface area contributed by atoms with Crippen LogP contribution in [-0.4, -0.2) is 58.4 Å². The van der Waals surface area contributed by atoms with Crippen LogP contribution in [-0.2, 0) is 14.4 Å². The Balaban J connectivity index is 1.99. The van der Waals surface area contributed by atoms with E-state index in [1.165, 1.54) is 0 Å². The predicted octanol–water partition coefficient (Wildman–Crippen LogP) is 2.52. The average molecular weight is 352 g/mol. The summed E-state index contributed by atoms with van der Waals surface area (Å²) in [5.74, 6) is -0.655. The Kier molecular flexibility index (Phi) is 7.26. The first-order valence-corrected chi connectivity index (χ1v) is 9.75. The molecule has 2 fully saturated rings. The van der Waals surface area contributed by atoms with E-state index in [4.69, 9.17) is 5.11 Å². The zero-order chi connectivity index (χ0) is 18.4. The van der Waals surface area contributed by atoms with E-state index in [0.717, 1.165) is 51.6 Å². The smallest absolute Gasteiger partial charge is 0.303 e. The summed E-state index contributed by atoms with van der Waals surface area (Å²) in [6.07, 6.45) is 6.08. The van der Waals surface area contributed by atoms with Crippen molar-refractivity contribution in [2.45, 2.75) is 71.3 Å². The molecular weight excluding hydrogens is 320 g/mol. The summed E-state index contributed by atoms with van der Waals surface area (Å²) in [6.45, 7) is 5.94. The lowest BCUT2D eigenvalue weighted by molar-refractivity contribution is -0.146. The molecule has 0 saturated carbocycles. The Labute approximate surface area is 150 Å². The van der Waals surface area contributed by atoms with Gasteiger partial charge in [-0.2, -0.15) is 0 Å². The highest BCUT2D eigenvalue weighted by Gasteiger charge is 2.35. The fourth-order valence-corrected chi connectivity index (χ4v) is 3.98. The van der Waals surface area contributed by atoms with E-state index < -0.39 is 5.97 Å². The molecule has 2 rings (SSSR count). The maximum atomic E-state index is 13.1. The molecule has 6 heteroatoms. The van der Waals surface area contributed by atoms with Crippen molar-refractivity contribution in [3.8, 4) is 0 Å². The molecule has 2 heterocycles. The highest BCUT2D eigenvalue weighted by atomic mass is 16.4. The summed E-state index contributed by atoms with van der Waals surface area (Å²) in [6, 6.07) is 0.0398. The van der Waals surface area contributed by atoms with Gasteiger partial charge in [0.15, 0.2) is 0 Å². The van der Waals surface area contributed by atoms with E-state index in [0.29, 0.717) is 13.0 Å². The lowest BCUT2D eigenvalue weighted by atomic mass is 9.91. The average Bonchev–Trinajstić information content (AvgIpc) is 2.64. The summed E-state index contributed by atoms with van der Waals surface area (Å²) < 4.78 is 0. The van der Waals surface area contributed by atoms with Crippen LogP contribution >= 0.6 is 0 Å². The van der Waals surface area contributed by atoms with Gasteiger partial charge >= 0.3 is 5.97 Å². The van der Waals surface area contributed by atoms with Crippen LogP contribution in [0.3, 0.4) is 0 Å². The minimum absolute atomic E-state index is 0.00662. The van der Waals surface area contributed by atoms with Gasteiger partial charge in [-0.25, -0.2) is 0 Å². The number of nitrogens with zero attached hydrogens (tertiary/aromatic N) is 2. The van der Waals surface area contributed by atoms with E-state index >= 15 is 0 Å². The van der Waals surface area contributed by atoms with Crippen molar-refractivity contribution in [3.63, 3.8) is 0 Å². The molecule has 0 spiro atoms. The molecule has 3 atom stereocenters. The quantitative estimate of drug-likeness (QED) is 0.797. The molecule has 25 heavy (non-hydrogen) atoms. The third kappa shape index (κ3) is 5.19. The third-order valence-corrected chi connectivity index (χ3v) is 5.72. The molecule has 2 saturated heterocycles. The lowest BCUT2D eigenvalue weighted by Crippen LogP contribution is -2.51. The minimum atomic E-state index is -0.805. The van der Waals surface area contributed by atoms with Gasteiger partial charge in [-0.3, -0.25) is 14.4 Å². The highest BCUT2D eigenvalue weighted by Crippen LogP contribution is 2.27. The van der Waals surface area contributed by atoms with Gasteiger partial charge in [-0.1, -0.05) is 13.8 Å². The van der Waals surface area contributed by atoms with Gasteiger partial charge in [0.2, 0.25) is 11.8 Å². The number of aliphatic carboxylic acids is 1. The Morgan fingerprint density at radius 2 is 1.88 bits per heavy atom. The number of piperidine rings is 2. The summed E-state index contributed by atoms with van der Waals surface area (Å²) in [4.78, 5) is 40.2. The van der Waals surface area contributed by atoms with Crippen molar-refractivity contribution in [2.75, 3.05) is 19.6 Å². The summed E-state index contributed by atoms with van der Waals surface area (Å²) >= 11 is 0. The van der Waals surface area contributed by atoms with Crippen LogP contribution in [0.1, 0.15) is 65.2 Å². The van der Waals surface area contributed by atoms with Crippen LogP contribution in [0.5, 0.6) is 0 Å². The van der Waals surface area contributed by atoms with Gasteiger partial charge in [0.1, 0.15) is 0 Å². The van der Waals surface area contributed by atoms with Crippen LogP contribution in [0.25, 0.3) is 0 Å². The number of carbonyl (C=O) groups excluding carboxylic acids is 2. The zero-order valence-electron chi connectivity index (χ0n) is 15.6. The van der Waals surface area contributed by atoms with E-state index in [9.17, 15) is 14.4 Å². The van der Waals surface area contributed by atoms with Crippen molar-refractivity contribution in [2.24, 2.45) is 11.8 Å². The fraction of sp³-hybridized carbons (Fsp3) is 0.842. The van der Waals surface area contributed by atoms with Gasteiger partial charge < -0.3 is 14.9 Å². The van der Waals surface area contributed by atoms with Gasteiger partial charge in [-0.05, 0) is 44.9 Å². The SMILES string of the molecule is CCC(C)C(=O)N1CCCC(C(=O)N2CCCCC2CCC(=O)O)C1. The largest absolute Gasteiger partial charge is 0.481 e. The second-order valence-corrected chi connectivity index (χ2v) is 7.55. The minimum Gasteiger partial charge on any atom is -0.481 e. The molecular formula is C19H32N2O4. The standard InChI is InChI=1S/C19H32N2O4/c1-3-14(2)18(24)20-11-6-7-15(13-20)19(25)21-12-5-4-8-16(21)9-10-17(22)23/h14-16H,3-13H2,1-2H3,(H,22,23). The zero-order valence-corrected chi connectivity index (χ0v) is 15.6. The Morgan fingerprint density at radius 3 is 2.56 bits per heavy atom. The molecule has 2 amide bonds. The monoisotopic (exact) mass is 352 g/mol. The first kappa shape index (κ1) is 19.7. The molecule has 2 aliphatic rings. The maximum absolute atomic E-state index is 13.1. The van der Waals surface area contributed by atoms with Crippen LogP contribution in [0.4, 0.5) is 0 Å². The predicted molar refractivity (Wildman–Crippen MR) is 95.0 cm³/mol. The second-order valence-electron chi connectivity index (χ2n) is 7.55. The van der Waals surface area contributed by atoms with Crippen molar-refractivity contribution >= 4 is 17.8 Å². The maximum Gasteiger partial charge on any atom is 0.303 e. The van der Waals surface area contributed by atoms with Gasteiger partial charge in [0.25, 0.3) is 0 Å². The summed E-state index contributed by atoms with van der Waals surface area (Å²) in [5.41, 5.74) is 0. The number of carbonyl (C=O) groups is 3. The Morgan fingerprint density at radius 1 is 1.12 bits per heavy atom. The molecule has 142 valence electrons. The molecule has 3 unspecified atom stereocenters. The van der Waals surface area contributed by atoms with E-state index in [1.54, 1.807) is 0 Å². The van der Waals surface area contributed by atoms with Gasteiger partial charge in [0.05, 0.1) is 5.92 Å². The fourth-order valence-electron chi connectivity index (χ4n) is 3.98. The molecule has 0 radical (unpaired) electrons. The lowest BCUT2D eigenvalue weighted by Gasteiger charge is -2.40. The van der Waals surface area contributed by atoms with Crippen LogP contribution in [0, 0.1) is 11.8 Å². The molecule has 1 N–H and O–H groups in total. The number of carboxylic acid groups (broad SMARTS) is 1. The van der Waals surface area contributed by atoms with Gasteiger partial charge in [0, 0.05) is 38.0 Å². The van der Waals surface area contributed by atoms with E-state index in [2.05, 4.69) is 0 Å². The van der Waals surface area contributed by atoms with Crippen molar-refractivity contribution in [3.05, 3.63) is 0 Å². The first-order chi connectivity index (χ1) is 11.9. The van der Waals surface area contributed by atoms with Crippen molar-refractivity contribution in [1.82, 2.24) is 9.80 Å². The van der Waals surface area contributed by atoms with Crippen LogP contribution in [0.2, 0.25) is 0 Å². The third-order valence-electron chi connectivity index (χ3n) is 5.72. The number of rotatable bonds is 6. The molecule has 2 aliphatic heterocycles. The number of hydrogen-bond donors (Lipinski definition) is 1. The molecule has 0 aliphatic carbocycles. The first-order valence-electron chi connectivity index (χ1n) is 9.75. The number of amides is 2. The number of likely N-dealkylation sites (tertiary alicyclic amines) is 2. The topological polar surface area (TPSA) is 77.9 Å².